The first-order valence-corrected chi connectivity index (χ1v) is 9.48. The molecular weight excluding hydrogens is 338 g/mol. The van der Waals surface area contributed by atoms with Gasteiger partial charge in [0, 0.05) is 11.5 Å². The van der Waals surface area contributed by atoms with E-state index in [-0.39, 0.29) is 13.2 Å². The summed E-state index contributed by atoms with van der Waals surface area (Å²) in [5.41, 5.74) is 4.49. The first-order chi connectivity index (χ1) is 13.1. The standard InChI is InChI=1S/C22H25N3O2/c1-14-4-3-5-20(8-14)25-22(23-21(24-25)15(2)18-6-7-18)19-10-16(12-26)9-17(11-19)13-27/h3-5,8-11,15,18,26-27H,6-7,12-13H2,1-2H3. The number of aliphatic hydroxyl groups is 2. The fourth-order valence-electron chi connectivity index (χ4n) is 3.53. The molecule has 1 atom stereocenters. The monoisotopic (exact) mass is 363 g/mol. The van der Waals surface area contributed by atoms with Crippen LogP contribution in [-0.2, 0) is 13.2 Å². The van der Waals surface area contributed by atoms with Crippen LogP contribution in [0.3, 0.4) is 0 Å². The average molecular weight is 363 g/mol. The highest BCUT2D eigenvalue weighted by atomic mass is 16.3. The molecule has 4 rings (SSSR count). The van der Waals surface area contributed by atoms with Crippen molar-refractivity contribution in [2.75, 3.05) is 0 Å². The Morgan fingerprint density at radius 1 is 1.07 bits per heavy atom. The number of hydrogen-bond acceptors (Lipinski definition) is 4. The summed E-state index contributed by atoms with van der Waals surface area (Å²) in [6.45, 7) is 4.10. The van der Waals surface area contributed by atoms with Gasteiger partial charge in [0.05, 0.1) is 18.9 Å². The molecule has 0 bridgehead atoms. The highest BCUT2D eigenvalue weighted by Gasteiger charge is 2.32. The van der Waals surface area contributed by atoms with Crippen molar-refractivity contribution in [2.45, 2.75) is 45.8 Å². The molecule has 5 nitrogen and oxygen atoms in total. The maximum absolute atomic E-state index is 9.60. The number of benzene rings is 2. The predicted molar refractivity (Wildman–Crippen MR) is 105 cm³/mol. The van der Waals surface area contributed by atoms with Crippen molar-refractivity contribution in [2.24, 2.45) is 5.92 Å². The van der Waals surface area contributed by atoms with Crippen LogP contribution in [0.2, 0.25) is 0 Å². The van der Waals surface area contributed by atoms with E-state index in [2.05, 4.69) is 26.0 Å². The normalized spacial score (nSPS) is 15.1. The van der Waals surface area contributed by atoms with Crippen molar-refractivity contribution in [3.8, 4) is 17.1 Å². The summed E-state index contributed by atoms with van der Waals surface area (Å²) in [4.78, 5) is 4.89. The van der Waals surface area contributed by atoms with Crippen LogP contribution in [0.15, 0.2) is 42.5 Å². The van der Waals surface area contributed by atoms with Crippen LogP contribution in [0.25, 0.3) is 17.1 Å². The molecule has 0 saturated heterocycles. The van der Waals surface area contributed by atoms with Gasteiger partial charge >= 0.3 is 0 Å². The summed E-state index contributed by atoms with van der Waals surface area (Å²) in [5, 5.41) is 24.1. The number of rotatable bonds is 6. The summed E-state index contributed by atoms with van der Waals surface area (Å²) in [6.07, 6.45) is 2.48. The molecule has 3 aromatic rings. The van der Waals surface area contributed by atoms with E-state index in [1.165, 1.54) is 12.8 Å². The first-order valence-electron chi connectivity index (χ1n) is 9.48. The minimum absolute atomic E-state index is 0.0786. The Morgan fingerprint density at radius 3 is 2.37 bits per heavy atom. The molecule has 1 saturated carbocycles. The van der Waals surface area contributed by atoms with E-state index in [0.29, 0.717) is 11.8 Å². The van der Waals surface area contributed by atoms with E-state index >= 15 is 0 Å². The quantitative estimate of drug-likeness (QED) is 0.700. The number of aryl methyl sites for hydroxylation is 1. The van der Waals surface area contributed by atoms with Crippen LogP contribution in [0, 0.1) is 12.8 Å². The molecule has 2 aromatic carbocycles. The molecule has 5 heteroatoms. The van der Waals surface area contributed by atoms with E-state index < -0.39 is 0 Å². The molecular formula is C22H25N3O2. The summed E-state index contributed by atoms with van der Waals surface area (Å²) in [6, 6.07) is 13.8. The van der Waals surface area contributed by atoms with Gasteiger partial charge in [-0.1, -0.05) is 25.1 Å². The third-order valence-corrected chi connectivity index (χ3v) is 5.28. The van der Waals surface area contributed by atoms with Gasteiger partial charge in [0.2, 0.25) is 0 Å². The van der Waals surface area contributed by atoms with Gasteiger partial charge in [-0.25, -0.2) is 9.67 Å². The van der Waals surface area contributed by atoms with Gasteiger partial charge in [0.15, 0.2) is 11.6 Å². The maximum atomic E-state index is 9.60. The lowest BCUT2D eigenvalue weighted by molar-refractivity contribution is 0.275. The molecule has 1 unspecified atom stereocenters. The van der Waals surface area contributed by atoms with Gasteiger partial charge < -0.3 is 10.2 Å². The topological polar surface area (TPSA) is 71.2 Å². The van der Waals surface area contributed by atoms with Crippen molar-refractivity contribution in [3.63, 3.8) is 0 Å². The minimum atomic E-state index is -0.0786. The van der Waals surface area contributed by atoms with Crippen LogP contribution in [-0.4, -0.2) is 25.0 Å². The van der Waals surface area contributed by atoms with Gasteiger partial charge in [-0.2, -0.15) is 5.10 Å². The zero-order chi connectivity index (χ0) is 19.0. The van der Waals surface area contributed by atoms with Gasteiger partial charge in [0.25, 0.3) is 0 Å². The molecule has 0 radical (unpaired) electrons. The van der Waals surface area contributed by atoms with Crippen molar-refractivity contribution >= 4 is 0 Å². The summed E-state index contributed by atoms with van der Waals surface area (Å²) in [5.74, 6) is 2.60. The van der Waals surface area contributed by atoms with E-state index in [0.717, 1.165) is 39.6 Å². The Labute approximate surface area is 159 Å². The SMILES string of the molecule is Cc1cccc(-n2nc(C(C)C3CC3)nc2-c2cc(CO)cc(CO)c2)c1. The molecule has 27 heavy (non-hydrogen) atoms. The lowest BCUT2D eigenvalue weighted by Gasteiger charge is -2.09. The number of hydrogen-bond donors (Lipinski definition) is 2. The Kier molecular flexibility index (Phi) is 4.81. The highest BCUT2D eigenvalue weighted by molar-refractivity contribution is 5.61. The Morgan fingerprint density at radius 2 is 1.78 bits per heavy atom. The molecule has 1 heterocycles. The zero-order valence-corrected chi connectivity index (χ0v) is 15.8. The molecule has 2 N–H and O–H groups in total. The molecule has 1 aromatic heterocycles. The van der Waals surface area contributed by atoms with Crippen LogP contribution >= 0.6 is 0 Å². The second kappa shape index (κ2) is 7.25. The Bertz CT molecular complexity index is 938. The van der Waals surface area contributed by atoms with Crippen LogP contribution < -0.4 is 0 Å². The largest absolute Gasteiger partial charge is 0.392 e. The molecule has 140 valence electrons. The second-order valence-electron chi connectivity index (χ2n) is 7.52. The van der Waals surface area contributed by atoms with Gasteiger partial charge in [-0.15, -0.1) is 0 Å². The fourth-order valence-corrected chi connectivity index (χ4v) is 3.53. The highest BCUT2D eigenvalue weighted by Crippen LogP contribution is 2.41. The average Bonchev–Trinajstić information content (AvgIpc) is 3.44. The Hall–Kier alpha value is -2.50. The van der Waals surface area contributed by atoms with E-state index in [1.807, 2.05) is 35.0 Å². The predicted octanol–water partition coefficient (Wildman–Crippen LogP) is 3.74. The van der Waals surface area contributed by atoms with Crippen molar-refractivity contribution in [1.82, 2.24) is 14.8 Å². The lowest BCUT2D eigenvalue weighted by Crippen LogP contribution is -2.02. The smallest absolute Gasteiger partial charge is 0.163 e. The van der Waals surface area contributed by atoms with Gasteiger partial charge in [-0.3, -0.25) is 0 Å². The molecule has 1 aliphatic carbocycles. The second-order valence-corrected chi connectivity index (χ2v) is 7.52. The molecule has 1 aliphatic rings. The van der Waals surface area contributed by atoms with Gasteiger partial charge in [-0.05, 0) is 66.6 Å². The molecule has 0 amide bonds. The number of nitrogens with zero attached hydrogens (tertiary/aromatic N) is 3. The maximum Gasteiger partial charge on any atom is 0.163 e. The molecule has 1 fully saturated rings. The third-order valence-electron chi connectivity index (χ3n) is 5.28. The first kappa shape index (κ1) is 17.9. The number of aliphatic hydroxyl groups excluding tert-OH is 2. The van der Waals surface area contributed by atoms with E-state index in [9.17, 15) is 10.2 Å². The third kappa shape index (κ3) is 3.66. The lowest BCUT2D eigenvalue weighted by atomic mass is 10.0. The van der Waals surface area contributed by atoms with Crippen molar-refractivity contribution < 1.29 is 10.2 Å². The van der Waals surface area contributed by atoms with E-state index in [4.69, 9.17) is 10.1 Å². The van der Waals surface area contributed by atoms with Crippen molar-refractivity contribution in [1.29, 1.82) is 0 Å². The minimum Gasteiger partial charge on any atom is -0.392 e. The van der Waals surface area contributed by atoms with Crippen LogP contribution in [0.1, 0.15) is 48.2 Å². The van der Waals surface area contributed by atoms with Crippen molar-refractivity contribution in [3.05, 3.63) is 65.0 Å². The summed E-state index contributed by atoms with van der Waals surface area (Å²) < 4.78 is 1.89. The molecule has 0 spiro atoms. The zero-order valence-electron chi connectivity index (χ0n) is 15.8. The van der Waals surface area contributed by atoms with Crippen LogP contribution in [0.4, 0.5) is 0 Å². The van der Waals surface area contributed by atoms with Gasteiger partial charge in [0.1, 0.15) is 0 Å². The van der Waals surface area contributed by atoms with Crippen LogP contribution in [0.5, 0.6) is 0 Å². The molecule has 0 aliphatic heterocycles. The van der Waals surface area contributed by atoms with E-state index in [1.54, 1.807) is 0 Å². The summed E-state index contributed by atoms with van der Waals surface area (Å²) in [7, 11) is 0. The Balaban J connectivity index is 1.88. The number of aromatic nitrogens is 3. The fraction of sp³-hybridized carbons (Fsp3) is 0.364. The summed E-state index contributed by atoms with van der Waals surface area (Å²) >= 11 is 0.